The van der Waals surface area contributed by atoms with Gasteiger partial charge in [0.25, 0.3) is 0 Å². The molecule has 0 radical (unpaired) electrons. The second kappa shape index (κ2) is 5.50. The Hall–Kier alpha value is -1.08. The van der Waals surface area contributed by atoms with Crippen LogP contribution in [0.2, 0.25) is 0 Å². The van der Waals surface area contributed by atoms with Gasteiger partial charge in [-0.3, -0.25) is 0 Å². The van der Waals surface area contributed by atoms with Gasteiger partial charge >= 0.3 is 5.97 Å². The molecule has 1 saturated carbocycles. The van der Waals surface area contributed by atoms with Crippen molar-refractivity contribution in [2.75, 3.05) is 6.26 Å². The zero-order chi connectivity index (χ0) is 14.0. The lowest BCUT2D eigenvalue weighted by molar-refractivity contribution is 0.0692. The van der Waals surface area contributed by atoms with Gasteiger partial charge in [-0.25, -0.2) is 13.2 Å². The number of sulfone groups is 1. The van der Waals surface area contributed by atoms with Crippen LogP contribution in [0.15, 0.2) is 11.4 Å². The minimum atomic E-state index is -3.06. The van der Waals surface area contributed by atoms with Crippen LogP contribution in [0.1, 0.15) is 35.4 Å². The van der Waals surface area contributed by atoms with Gasteiger partial charge in [0.05, 0.1) is 5.25 Å². The monoisotopic (exact) mass is 304 g/mol. The Morgan fingerprint density at radius 3 is 2.84 bits per heavy atom. The van der Waals surface area contributed by atoms with Crippen LogP contribution < -0.4 is 4.74 Å². The third-order valence-electron chi connectivity index (χ3n) is 3.30. The first-order chi connectivity index (χ1) is 8.88. The second-order valence-electron chi connectivity index (χ2n) is 4.78. The molecule has 0 amide bonds. The highest BCUT2D eigenvalue weighted by Crippen LogP contribution is 2.31. The number of hydrogen-bond donors (Lipinski definition) is 1. The molecule has 106 valence electrons. The molecule has 1 fully saturated rings. The Kier molecular flexibility index (Phi) is 4.15. The van der Waals surface area contributed by atoms with E-state index >= 15 is 0 Å². The predicted molar refractivity (Wildman–Crippen MR) is 72.8 cm³/mol. The molecule has 0 aliphatic heterocycles. The first-order valence-corrected chi connectivity index (χ1v) is 8.87. The summed E-state index contributed by atoms with van der Waals surface area (Å²) in [5.41, 5.74) is 0. The summed E-state index contributed by atoms with van der Waals surface area (Å²) in [4.78, 5) is 11.2. The van der Waals surface area contributed by atoms with E-state index in [4.69, 9.17) is 9.84 Å². The molecular weight excluding hydrogens is 288 g/mol. The zero-order valence-electron chi connectivity index (χ0n) is 10.5. The summed E-state index contributed by atoms with van der Waals surface area (Å²) >= 11 is 1.11. The van der Waals surface area contributed by atoms with Gasteiger partial charge in [0, 0.05) is 12.7 Å². The molecule has 0 saturated heterocycles. The van der Waals surface area contributed by atoms with Gasteiger partial charge < -0.3 is 9.84 Å². The van der Waals surface area contributed by atoms with Gasteiger partial charge in [0.1, 0.15) is 21.7 Å². The molecule has 0 spiro atoms. The van der Waals surface area contributed by atoms with Gasteiger partial charge in [-0.2, -0.15) is 0 Å². The first-order valence-electron chi connectivity index (χ1n) is 6.04. The van der Waals surface area contributed by atoms with Crippen molar-refractivity contribution in [3.63, 3.8) is 0 Å². The zero-order valence-corrected chi connectivity index (χ0v) is 12.2. The number of thiophene rings is 1. The van der Waals surface area contributed by atoms with Crippen LogP contribution in [0.4, 0.5) is 0 Å². The third kappa shape index (κ3) is 3.48. The average molecular weight is 304 g/mol. The predicted octanol–water partition coefficient (Wildman–Crippen LogP) is 2.18. The number of aromatic carboxylic acids is 1. The Balaban J connectivity index is 2.07. The maximum atomic E-state index is 11.6. The summed E-state index contributed by atoms with van der Waals surface area (Å²) in [6.07, 6.45) is 3.67. The van der Waals surface area contributed by atoms with Gasteiger partial charge in [-0.1, -0.05) is 0 Å². The normalized spacial score (nSPS) is 24.1. The summed E-state index contributed by atoms with van der Waals surface area (Å²) in [6.45, 7) is 0. The van der Waals surface area contributed by atoms with E-state index in [2.05, 4.69) is 0 Å². The SMILES string of the molecule is CS(=O)(=O)C1CCCC(Oc2ccsc2C(=O)O)C1. The highest BCUT2D eigenvalue weighted by atomic mass is 32.2. The van der Waals surface area contributed by atoms with E-state index in [9.17, 15) is 13.2 Å². The molecule has 2 atom stereocenters. The van der Waals surface area contributed by atoms with E-state index in [-0.39, 0.29) is 16.2 Å². The molecule has 19 heavy (non-hydrogen) atoms. The topological polar surface area (TPSA) is 80.7 Å². The number of rotatable bonds is 4. The molecule has 7 heteroatoms. The van der Waals surface area contributed by atoms with Crippen LogP contribution in [0.25, 0.3) is 0 Å². The molecular formula is C12H16O5S2. The Bertz CT molecular complexity index is 560. The summed E-state index contributed by atoms with van der Waals surface area (Å²) < 4.78 is 28.8. The van der Waals surface area contributed by atoms with Crippen molar-refractivity contribution in [1.82, 2.24) is 0 Å². The first kappa shape index (κ1) is 14.3. The molecule has 2 unspecified atom stereocenters. The lowest BCUT2D eigenvalue weighted by atomic mass is 9.97. The standard InChI is InChI=1S/C12H16O5S2/c1-19(15,16)9-4-2-3-8(7-9)17-10-5-6-18-11(10)12(13)14/h5-6,8-9H,2-4,7H2,1H3,(H,13,14). The van der Waals surface area contributed by atoms with E-state index in [0.29, 0.717) is 18.6 Å². The van der Waals surface area contributed by atoms with Crippen LogP contribution in [0.3, 0.4) is 0 Å². The van der Waals surface area contributed by atoms with Crippen molar-refractivity contribution in [3.8, 4) is 5.75 Å². The molecule has 1 aliphatic rings. The maximum Gasteiger partial charge on any atom is 0.349 e. The Morgan fingerprint density at radius 1 is 1.47 bits per heavy atom. The van der Waals surface area contributed by atoms with E-state index in [1.807, 2.05) is 0 Å². The smallest absolute Gasteiger partial charge is 0.349 e. The third-order valence-corrected chi connectivity index (χ3v) is 5.82. The quantitative estimate of drug-likeness (QED) is 0.922. The number of hydrogen-bond acceptors (Lipinski definition) is 5. The molecule has 1 aromatic heterocycles. The van der Waals surface area contributed by atoms with E-state index in [1.54, 1.807) is 11.4 Å². The lowest BCUT2D eigenvalue weighted by Gasteiger charge is -2.28. The van der Waals surface area contributed by atoms with Gasteiger partial charge in [0.2, 0.25) is 0 Å². The molecule has 1 N–H and O–H groups in total. The summed E-state index contributed by atoms with van der Waals surface area (Å²) in [6, 6.07) is 1.62. The summed E-state index contributed by atoms with van der Waals surface area (Å²) in [7, 11) is -3.06. The molecule has 1 aromatic rings. The van der Waals surface area contributed by atoms with Crippen molar-refractivity contribution >= 4 is 27.1 Å². The van der Waals surface area contributed by atoms with Gasteiger partial charge in [-0.15, -0.1) is 11.3 Å². The minimum absolute atomic E-state index is 0.168. The van der Waals surface area contributed by atoms with E-state index in [1.165, 1.54) is 6.26 Å². The number of carboxylic acids is 1. The van der Waals surface area contributed by atoms with E-state index < -0.39 is 15.8 Å². The van der Waals surface area contributed by atoms with Crippen LogP contribution >= 0.6 is 11.3 Å². The van der Waals surface area contributed by atoms with Crippen LogP contribution in [-0.2, 0) is 9.84 Å². The van der Waals surface area contributed by atoms with Crippen molar-refractivity contribution in [2.24, 2.45) is 0 Å². The largest absolute Gasteiger partial charge is 0.489 e. The number of ether oxygens (including phenoxy) is 1. The summed E-state index contributed by atoms with van der Waals surface area (Å²) in [5, 5.41) is 10.3. The van der Waals surface area contributed by atoms with Gasteiger partial charge in [0.15, 0.2) is 4.88 Å². The maximum absolute atomic E-state index is 11.6. The molecule has 5 nitrogen and oxygen atoms in total. The van der Waals surface area contributed by atoms with Crippen LogP contribution in [0, 0.1) is 0 Å². The fraction of sp³-hybridized carbons (Fsp3) is 0.583. The van der Waals surface area contributed by atoms with Crippen LogP contribution in [0.5, 0.6) is 5.75 Å². The van der Waals surface area contributed by atoms with Crippen molar-refractivity contribution in [1.29, 1.82) is 0 Å². The molecule has 0 aromatic carbocycles. The molecule has 0 bridgehead atoms. The fourth-order valence-corrected chi connectivity index (χ4v) is 4.14. The number of carbonyl (C=O) groups is 1. The highest BCUT2D eigenvalue weighted by molar-refractivity contribution is 7.91. The fourth-order valence-electron chi connectivity index (χ4n) is 2.32. The average Bonchev–Trinajstić information content (AvgIpc) is 2.76. The summed E-state index contributed by atoms with van der Waals surface area (Å²) in [5.74, 6) is -0.669. The van der Waals surface area contributed by atoms with Crippen molar-refractivity contribution in [3.05, 3.63) is 16.3 Å². The highest BCUT2D eigenvalue weighted by Gasteiger charge is 2.30. The lowest BCUT2D eigenvalue weighted by Crippen LogP contribution is -2.33. The van der Waals surface area contributed by atoms with Crippen LogP contribution in [-0.4, -0.2) is 37.1 Å². The second-order valence-corrected chi connectivity index (χ2v) is 8.02. The van der Waals surface area contributed by atoms with Crippen molar-refractivity contribution < 1.29 is 23.1 Å². The van der Waals surface area contributed by atoms with Gasteiger partial charge in [-0.05, 0) is 30.7 Å². The Labute approximate surface area is 116 Å². The molecule has 1 heterocycles. The molecule has 2 rings (SSSR count). The van der Waals surface area contributed by atoms with Crippen molar-refractivity contribution in [2.45, 2.75) is 37.0 Å². The molecule has 1 aliphatic carbocycles. The number of carboxylic acid groups (broad SMARTS) is 1. The minimum Gasteiger partial charge on any atom is -0.489 e. The van der Waals surface area contributed by atoms with E-state index in [0.717, 1.165) is 24.2 Å². The Morgan fingerprint density at radius 2 is 2.21 bits per heavy atom.